The van der Waals surface area contributed by atoms with E-state index in [9.17, 15) is 5.21 Å². The van der Waals surface area contributed by atoms with Crippen molar-refractivity contribution in [1.29, 1.82) is 0 Å². The van der Waals surface area contributed by atoms with Gasteiger partial charge in [0.2, 0.25) is 0 Å². The highest BCUT2D eigenvalue weighted by atomic mass is 35.5. The number of nitrogens with zero attached hydrogens (tertiary/aromatic N) is 5. The number of hydrogen-bond donors (Lipinski definition) is 2. The van der Waals surface area contributed by atoms with Gasteiger partial charge in [0.1, 0.15) is 24.1 Å². The Morgan fingerprint density at radius 1 is 1.25 bits per heavy atom. The fourth-order valence-corrected chi connectivity index (χ4v) is 5.03. The minimum absolute atomic E-state index is 0.134. The maximum atomic E-state index is 14.0. The quantitative estimate of drug-likeness (QED) is 0.411. The third kappa shape index (κ3) is 4.36. The SMILES string of the molecule is CCN[C@H]1N=CC2=C(N1)N1CCCC1C[N+]([O-])(Cc1ccc(-c3ccc(Cl)nc3)nc1)C2. The highest BCUT2D eigenvalue weighted by Gasteiger charge is 2.39. The summed E-state index contributed by atoms with van der Waals surface area (Å²) in [4.78, 5) is 15.7. The number of rotatable bonds is 5. The van der Waals surface area contributed by atoms with E-state index in [1.807, 2.05) is 30.6 Å². The molecule has 2 N–H and O–H groups in total. The summed E-state index contributed by atoms with van der Waals surface area (Å²) in [5, 5.41) is 21.3. The second-order valence-corrected chi connectivity index (χ2v) is 9.11. The Balaban J connectivity index is 1.36. The third-order valence-electron chi connectivity index (χ3n) is 6.34. The summed E-state index contributed by atoms with van der Waals surface area (Å²) in [7, 11) is 0. The van der Waals surface area contributed by atoms with Crippen molar-refractivity contribution in [2.75, 3.05) is 26.2 Å². The lowest BCUT2D eigenvalue weighted by Gasteiger charge is -2.43. The number of aliphatic imine (C=N–C) groups is 1. The van der Waals surface area contributed by atoms with Gasteiger partial charge >= 0.3 is 0 Å². The predicted molar refractivity (Wildman–Crippen MR) is 125 cm³/mol. The Hall–Kier alpha value is -2.52. The van der Waals surface area contributed by atoms with Crippen LogP contribution in [0.25, 0.3) is 11.3 Å². The molecule has 0 radical (unpaired) electrons. The van der Waals surface area contributed by atoms with E-state index in [0.29, 0.717) is 24.8 Å². The van der Waals surface area contributed by atoms with Crippen LogP contribution in [0, 0.1) is 5.21 Å². The number of quaternary nitrogens is 1. The molecular weight excluding hydrogens is 426 g/mol. The van der Waals surface area contributed by atoms with Crippen LogP contribution in [0.4, 0.5) is 0 Å². The summed E-state index contributed by atoms with van der Waals surface area (Å²) in [6.07, 6.45) is 7.43. The van der Waals surface area contributed by atoms with Crippen LogP contribution < -0.4 is 10.6 Å². The van der Waals surface area contributed by atoms with Gasteiger partial charge in [-0.1, -0.05) is 18.5 Å². The van der Waals surface area contributed by atoms with Crippen molar-refractivity contribution in [3.8, 4) is 11.3 Å². The van der Waals surface area contributed by atoms with Crippen LogP contribution in [0.5, 0.6) is 0 Å². The third-order valence-corrected chi connectivity index (χ3v) is 6.56. The molecule has 2 aromatic heterocycles. The standard InChI is InChI=1S/C23H28ClN7O/c1-2-25-23-28-12-18-14-31(32,15-19-4-3-9-30(19)22(18)29-23)13-16-5-7-20(26-10-16)17-6-8-21(24)27-11-17/h5-8,10-12,19,23,25,29H,2-4,9,13-15H2,1H3/t19?,23-,31?/m0/s1. The molecule has 2 aromatic rings. The number of fused-ring (bicyclic) bond motifs is 2. The number of hydrogen-bond acceptors (Lipinski definition) is 7. The highest BCUT2D eigenvalue weighted by Crippen LogP contribution is 2.32. The van der Waals surface area contributed by atoms with Crippen LogP contribution in [0.3, 0.4) is 0 Å². The number of aromatic nitrogens is 2. The van der Waals surface area contributed by atoms with Gasteiger partial charge in [-0.25, -0.2) is 4.98 Å². The highest BCUT2D eigenvalue weighted by molar-refractivity contribution is 6.29. The van der Waals surface area contributed by atoms with Crippen molar-refractivity contribution in [2.24, 2.45) is 4.99 Å². The Bertz CT molecular complexity index is 1020. The normalized spacial score (nSPS) is 27.0. The summed E-state index contributed by atoms with van der Waals surface area (Å²) >= 11 is 5.88. The first-order valence-corrected chi connectivity index (χ1v) is 11.6. The lowest BCUT2D eigenvalue weighted by molar-refractivity contribution is -0.890. The van der Waals surface area contributed by atoms with Gasteiger partial charge in [-0.2, -0.15) is 0 Å². The molecule has 3 atom stereocenters. The van der Waals surface area contributed by atoms with Crippen LogP contribution in [-0.2, 0) is 6.54 Å². The average Bonchev–Trinajstić information content (AvgIpc) is 3.19. The Morgan fingerprint density at radius 3 is 2.91 bits per heavy atom. The summed E-state index contributed by atoms with van der Waals surface area (Å²) in [6, 6.07) is 7.83. The van der Waals surface area contributed by atoms with E-state index >= 15 is 0 Å². The van der Waals surface area contributed by atoms with E-state index in [1.165, 1.54) is 0 Å². The number of pyridine rings is 2. The van der Waals surface area contributed by atoms with E-state index in [0.717, 1.165) is 54.1 Å². The minimum atomic E-state index is -0.302. The summed E-state index contributed by atoms with van der Waals surface area (Å²) in [5.74, 6) is 1.08. The molecule has 0 aliphatic carbocycles. The fourth-order valence-electron chi connectivity index (χ4n) is 4.91. The molecule has 0 spiro atoms. The van der Waals surface area contributed by atoms with Gasteiger partial charge in [0.15, 0.2) is 6.29 Å². The van der Waals surface area contributed by atoms with Crippen LogP contribution in [0.1, 0.15) is 25.3 Å². The van der Waals surface area contributed by atoms with E-state index < -0.39 is 0 Å². The monoisotopic (exact) mass is 453 g/mol. The molecule has 5 rings (SSSR count). The minimum Gasteiger partial charge on any atom is -0.632 e. The van der Waals surface area contributed by atoms with E-state index in [1.54, 1.807) is 12.3 Å². The van der Waals surface area contributed by atoms with Crippen LogP contribution in [-0.4, -0.2) is 64.2 Å². The van der Waals surface area contributed by atoms with Gasteiger partial charge in [0, 0.05) is 36.3 Å². The summed E-state index contributed by atoms with van der Waals surface area (Å²) < 4.78 is -0.302. The molecule has 8 nitrogen and oxygen atoms in total. The predicted octanol–water partition coefficient (Wildman–Crippen LogP) is 2.87. The molecule has 32 heavy (non-hydrogen) atoms. The van der Waals surface area contributed by atoms with Crippen LogP contribution in [0.2, 0.25) is 5.15 Å². The van der Waals surface area contributed by atoms with Crippen molar-refractivity contribution < 1.29 is 4.65 Å². The van der Waals surface area contributed by atoms with Gasteiger partial charge in [-0.15, -0.1) is 0 Å². The van der Waals surface area contributed by atoms with Crippen molar-refractivity contribution in [1.82, 2.24) is 25.5 Å². The van der Waals surface area contributed by atoms with Gasteiger partial charge in [0.25, 0.3) is 0 Å². The lowest BCUT2D eigenvalue weighted by atomic mass is 10.1. The fraction of sp³-hybridized carbons (Fsp3) is 0.435. The van der Waals surface area contributed by atoms with Crippen LogP contribution >= 0.6 is 11.6 Å². The topological polar surface area (TPSA) is 88.5 Å². The average molecular weight is 454 g/mol. The Morgan fingerprint density at radius 2 is 2.16 bits per heavy atom. The number of halogens is 1. The molecule has 3 aliphatic rings. The second kappa shape index (κ2) is 8.78. The zero-order valence-electron chi connectivity index (χ0n) is 18.2. The molecule has 3 aliphatic heterocycles. The Labute approximate surface area is 193 Å². The molecular formula is C23H28ClN7O. The molecule has 168 valence electrons. The molecule has 1 saturated heterocycles. The van der Waals surface area contributed by atoms with E-state index in [-0.39, 0.29) is 17.0 Å². The zero-order chi connectivity index (χ0) is 22.1. The van der Waals surface area contributed by atoms with E-state index in [2.05, 4.69) is 37.4 Å². The molecule has 0 aromatic carbocycles. The molecule has 2 unspecified atom stereocenters. The van der Waals surface area contributed by atoms with Gasteiger partial charge in [-0.05, 0) is 43.7 Å². The molecule has 0 amide bonds. The maximum Gasteiger partial charge on any atom is 0.174 e. The van der Waals surface area contributed by atoms with Crippen molar-refractivity contribution in [3.63, 3.8) is 0 Å². The zero-order valence-corrected chi connectivity index (χ0v) is 18.9. The number of hydroxylamine groups is 3. The molecule has 9 heteroatoms. The smallest absolute Gasteiger partial charge is 0.174 e. The summed E-state index contributed by atoms with van der Waals surface area (Å²) in [6.45, 7) is 5.23. The molecule has 1 fully saturated rings. The van der Waals surface area contributed by atoms with Crippen molar-refractivity contribution in [3.05, 3.63) is 64.0 Å². The number of nitrogens with one attached hydrogen (secondary N) is 2. The first kappa shape index (κ1) is 21.3. The largest absolute Gasteiger partial charge is 0.632 e. The first-order chi connectivity index (χ1) is 15.5. The second-order valence-electron chi connectivity index (χ2n) is 8.72. The molecule has 0 bridgehead atoms. The van der Waals surface area contributed by atoms with E-state index in [4.69, 9.17) is 11.6 Å². The first-order valence-electron chi connectivity index (χ1n) is 11.2. The van der Waals surface area contributed by atoms with Gasteiger partial charge in [0.05, 0.1) is 23.9 Å². The summed E-state index contributed by atoms with van der Waals surface area (Å²) in [5.41, 5.74) is 3.65. The molecule has 5 heterocycles. The van der Waals surface area contributed by atoms with Gasteiger partial charge < -0.3 is 20.1 Å². The van der Waals surface area contributed by atoms with Gasteiger partial charge in [-0.3, -0.25) is 15.3 Å². The maximum absolute atomic E-state index is 14.0. The Kier molecular flexibility index (Phi) is 5.86. The van der Waals surface area contributed by atoms with Crippen molar-refractivity contribution >= 4 is 17.8 Å². The molecule has 0 saturated carbocycles. The van der Waals surface area contributed by atoms with Crippen LogP contribution in [0.15, 0.2) is 53.0 Å². The lowest BCUT2D eigenvalue weighted by Crippen LogP contribution is -2.49. The van der Waals surface area contributed by atoms with Crippen molar-refractivity contribution in [2.45, 2.75) is 38.6 Å².